The number of sulfonamides is 1. The van der Waals surface area contributed by atoms with Crippen LogP contribution in [0.2, 0.25) is 0 Å². The predicted octanol–water partition coefficient (Wildman–Crippen LogP) is 4.08. The Morgan fingerprint density at radius 2 is 1.68 bits per heavy atom. The van der Waals surface area contributed by atoms with Gasteiger partial charge in [-0.2, -0.15) is 0 Å². The summed E-state index contributed by atoms with van der Waals surface area (Å²) in [5.41, 5.74) is 1.26. The summed E-state index contributed by atoms with van der Waals surface area (Å²) in [4.78, 5) is 28.3. The Labute approximate surface area is 210 Å². The highest BCUT2D eigenvalue weighted by Crippen LogP contribution is 2.23. The van der Waals surface area contributed by atoms with Crippen molar-refractivity contribution in [2.24, 2.45) is 0 Å². The zero-order valence-corrected chi connectivity index (χ0v) is 22.0. The van der Waals surface area contributed by atoms with Crippen molar-refractivity contribution < 1.29 is 18.0 Å². The van der Waals surface area contributed by atoms with E-state index in [9.17, 15) is 18.0 Å². The Hall–Kier alpha value is -2.39. The van der Waals surface area contributed by atoms with Crippen molar-refractivity contribution in [3.63, 3.8) is 0 Å². The molecule has 3 rings (SSSR count). The lowest BCUT2D eigenvalue weighted by Gasteiger charge is -2.33. The van der Waals surface area contributed by atoms with Crippen LogP contribution in [0.25, 0.3) is 0 Å². The molecular weight excluding hydrogens is 518 g/mol. The molecule has 184 valence electrons. The Kier molecular flexibility index (Phi) is 9.13. The molecule has 0 saturated heterocycles. The summed E-state index contributed by atoms with van der Waals surface area (Å²) < 4.78 is 27.1. The number of anilines is 1. The van der Waals surface area contributed by atoms with Gasteiger partial charge in [-0.05, 0) is 49.1 Å². The quantitative estimate of drug-likeness (QED) is 0.483. The van der Waals surface area contributed by atoms with Crippen LogP contribution in [0.1, 0.15) is 44.6 Å². The molecule has 1 N–H and O–H groups in total. The van der Waals surface area contributed by atoms with Gasteiger partial charge < -0.3 is 10.2 Å². The van der Waals surface area contributed by atoms with Crippen molar-refractivity contribution in [3.8, 4) is 0 Å². The topological polar surface area (TPSA) is 86.8 Å². The summed E-state index contributed by atoms with van der Waals surface area (Å²) in [5, 5.41) is 3.10. The van der Waals surface area contributed by atoms with Crippen molar-refractivity contribution in [2.75, 3.05) is 17.1 Å². The van der Waals surface area contributed by atoms with Crippen LogP contribution in [0.5, 0.6) is 0 Å². The number of hydrogen-bond donors (Lipinski definition) is 1. The van der Waals surface area contributed by atoms with Gasteiger partial charge in [0.25, 0.3) is 0 Å². The lowest BCUT2D eigenvalue weighted by Crippen LogP contribution is -2.53. The van der Waals surface area contributed by atoms with E-state index in [1.165, 1.54) is 4.90 Å². The van der Waals surface area contributed by atoms with Crippen LogP contribution in [-0.2, 0) is 26.2 Å². The maximum Gasteiger partial charge on any atom is 0.244 e. The summed E-state index contributed by atoms with van der Waals surface area (Å²) in [6.07, 6.45) is 5.57. The second-order valence-corrected chi connectivity index (χ2v) is 11.5. The van der Waals surface area contributed by atoms with E-state index in [4.69, 9.17) is 0 Å². The second kappa shape index (κ2) is 11.8. The van der Waals surface area contributed by atoms with Crippen LogP contribution in [0, 0.1) is 0 Å². The van der Waals surface area contributed by atoms with Crippen LogP contribution in [0.15, 0.2) is 59.1 Å². The highest BCUT2D eigenvalue weighted by Gasteiger charge is 2.32. The van der Waals surface area contributed by atoms with Gasteiger partial charge in [0, 0.05) is 17.1 Å². The summed E-state index contributed by atoms with van der Waals surface area (Å²) >= 11 is 3.35. The SMILES string of the molecule is CC[C@H](C(=O)NC1CCCC1)N(Cc1ccccc1)C(=O)CN(c1ccc(Br)cc1)S(C)(=O)=O. The van der Waals surface area contributed by atoms with E-state index in [2.05, 4.69) is 21.2 Å². The zero-order valence-electron chi connectivity index (χ0n) is 19.6. The molecule has 0 heterocycles. The lowest BCUT2D eigenvalue weighted by molar-refractivity contribution is -0.140. The van der Waals surface area contributed by atoms with Crippen LogP contribution < -0.4 is 9.62 Å². The summed E-state index contributed by atoms with van der Waals surface area (Å²) in [7, 11) is -3.73. The summed E-state index contributed by atoms with van der Waals surface area (Å²) in [5.74, 6) is -0.612. The second-order valence-electron chi connectivity index (χ2n) is 8.67. The first-order chi connectivity index (χ1) is 16.2. The van der Waals surface area contributed by atoms with Gasteiger partial charge >= 0.3 is 0 Å². The Morgan fingerprint density at radius 1 is 1.06 bits per heavy atom. The van der Waals surface area contributed by atoms with Crippen LogP contribution >= 0.6 is 15.9 Å². The molecule has 0 bridgehead atoms. The molecule has 0 spiro atoms. The van der Waals surface area contributed by atoms with Crippen LogP contribution in [-0.4, -0.2) is 50.0 Å². The van der Waals surface area contributed by atoms with E-state index in [1.54, 1.807) is 24.3 Å². The normalized spacial score (nSPS) is 15.0. The molecule has 7 nitrogen and oxygen atoms in total. The van der Waals surface area contributed by atoms with Crippen molar-refractivity contribution >= 4 is 43.5 Å². The maximum atomic E-state index is 13.6. The van der Waals surface area contributed by atoms with E-state index in [1.807, 2.05) is 37.3 Å². The fourth-order valence-electron chi connectivity index (χ4n) is 4.29. The maximum absolute atomic E-state index is 13.6. The van der Waals surface area contributed by atoms with Gasteiger partial charge in [-0.1, -0.05) is 66.0 Å². The van der Waals surface area contributed by atoms with E-state index in [0.717, 1.165) is 46.3 Å². The Bertz CT molecular complexity index is 1070. The molecule has 0 aliphatic heterocycles. The summed E-state index contributed by atoms with van der Waals surface area (Å²) in [6, 6.07) is 15.6. The van der Waals surface area contributed by atoms with Gasteiger partial charge in [0.15, 0.2) is 0 Å². The van der Waals surface area contributed by atoms with Gasteiger partial charge in [0.1, 0.15) is 12.6 Å². The molecule has 34 heavy (non-hydrogen) atoms. The van der Waals surface area contributed by atoms with Gasteiger partial charge in [0.2, 0.25) is 21.8 Å². The first-order valence-electron chi connectivity index (χ1n) is 11.6. The Morgan fingerprint density at radius 3 is 2.24 bits per heavy atom. The average Bonchev–Trinajstić information content (AvgIpc) is 3.31. The molecule has 2 aromatic carbocycles. The number of amides is 2. The van der Waals surface area contributed by atoms with Gasteiger partial charge in [-0.25, -0.2) is 8.42 Å². The third-order valence-corrected chi connectivity index (χ3v) is 7.75. The number of benzene rings is 2. The number of halogens is 1. The number of carbonyl (C=O) groups excluding carboxylic acids is 2. The van der Waals surface area contributed by atoms with E-state index in [0.29, 0.717) is 12.1 Å². The summed E-state index contributed by atoms with van der Waals surface area (Å²) in [6.45, 7) is 1.70. The smallest absolute Gasteiger partial charge is 0.244 e. The predicted molar refractivity (Wildman–Crippen MR) is 138 cm³/mol. The van der Waals surface area contributed by atoms with Crippen LogP contribution in [0.3, 0.4) is 0 Å². The number of rotatable bonds is 10. The van der Waals surface area contributed by atoms with Gasteiger partial charge in [0.05, 0.1) is 11.9 Å². The molecule has 0 unspecified atom stereocenters. The molecule has 0 radical (unpaired) electrons. The first-order valence-corrected chi connectivity index (χ1v) is 14.2. The average molecular weight is 551 g/mol. The number of nitrogens with zero attached hydrogens (tertiary/aromatic N) is 2. The zero-order chi connectivity index (χ0) is 24.7. The van der Waals surface area contributed by atoms with Gasteiger partial charge in [-0.3, -0.25) is 13.9 Å². The molecule has 1 saturated carbocycles. The van der Waals surface area contributed by atoms with Crippen molar-refractivity contribution in [1.29, 1.82) is 0 Å². The van der Waals surface area contributed by atoms with Crippen molar-refractivity contribution in [2.45, 2.75) is 57.7 Å². The number of hydrogen-bond acceptors (Lipinski definition) is 4. The third kappa shape index (κ3) is 7.06. The molecule has 1 aliphatic rings. The largest absolute Gasteiger partial charge is 0.352 e. The fraction of sp³-hybridized carbons (Fsp3) is 0.440. The molecule has 1 atom stereocenters. The van der Waals surface area contributed by atoms with Crippen molar-refractivity contribution in [1.82, 2.24) is 10.2 Å². The minimum absolute atomic E-state index is 0.130. The fourth-order valence-corrected chi connectivity index (χ4v) is 5.40. The number of nitrogens with one attached hydrogen (secondary N) is 1. The van der Waals surface area contributed by atoms with Gasteiger partial charge in [-0.15, -0.1) is 0 Å². The molecule has 2 aromatic rings. The van der Waals surface area contributed by atoms with E-state index < -0.39 is 22.0 Å². The molecule has 1 aliphatic carbocycles. The third-order valence-electron chi connectivity index (χ3n) is 6.08. The molecule has 9 heteroatoms. The van der Waals surface area contributed by atoms with E-state index >= 15 is 0 Å². The van der Waals surface area contributed by atoms with Crippen molar-refractivity contribution in [3.05, 3.63) is 64.6 Å². The Balaban J connectivity index is 1.89. The monoisotopic (exact) mass is 549 g/mol. The molecule has 1 fully saturated rings. The highest BCUT2D eigenvalue weighted by molar-refractivity contribution is 9.10. The molecular formula is C25H32BrN3O4S. The first kappa shape index (κ1) is 26.2. The minimum atomic E-state index is -3.73. The lowest BCUT2D eigenvalue weighted by atomic mass is 10.1. The molecule has 0 aromatic heterocycles. The van der Waals surface area contributed by atoms with E-state index in [-0.39, 0.29) is 25.0 Å². The highest BCUT2D eigenvalue weighted by atomic mass is 79.9. The standard InChI is InChI=1S/C25H32BrN3O4S/c1-3-23(25(31)27-21-11-7-8-12-21)28(17-19-9-5-4-6-10-19)24(30)18-29(34(2,32)33)22-15-13-20(26)14-16-22/h4-6,9-10,13-16,21,23H,3,7-8,11-12,17-18H2,1-2H3,(H,27,31)/t23-/m1/s1. The molecule has 2 amide bonds. The number of carbonyl (C=O) groups is 2. The minimum Gasteiger partial charge on any atom is -0.352 e. The van der Waals surface area contributed by atoms with Crippen LogP contribution in [0.4, 0.5) is 5.69 Å².